The lowest BCUT2D eigenvalue weighted by atomic mass is 10.1. The number of esters is 1. The maximum absolute atomic E-state index is 12.5. The molecule has 0 saturated carbocycles. The van der Waals surface area contributed by atoms with Gasteiger partial charge in [-0.1, -0.05) is 48.5 Å². The molecule has 0 spiro atoms. The number of carbonyl (C=O) groups is 1. The molecule has 0 heterocycles. The fraction of sp³-hybridized carbons (Fsp3) is 0.235. The van der Waals surface area contributed by atoms with E-state index in [4.69, 9.17) is 0 Å². The van der Waals surface area contributed by atoms with Gasteiger partial charge in [-0.2, -0.15) is 0 Å². The zero-order valence-corrected chi connectivity index (χ0v) is 14.8. The van der Waals surface area contributed by atoms with Crippen LogP contribution in [0.25, 0.3) is 0 Å². The molecule has 0 bridgehead atoms. The number of nitro benzene ring substituents is 1. The third kappa shape index (κ3) is 5.36. The van der Waals surface area contributed by atoms with E-state index in [0.29, 0.717) is 0 Å². The Morgan fingerprint density at radius 1 is 1.15 bits per heavy atom. The minimum absolute atomic E-state index is 0.0355. The maximum atomic E-state index is 12.5. The average Bonchev–Trinajstić information content (AvgIpc) is 2.61. The minimum atomic E-state index is -4.02. The fourth-order valence-corrected chi connectivity index (χ4v) is 3.79. The predicted molar refractivity (Wildman–Crippen MR) is 94.8 cm³/mol. The first-order valence-corrected chi connectivity index (χ1v) is 9.31. The Hall–Kier alpha value is -2.78. The Labute approximate surface area is 151 Å². The number of ether oxygens (including phenoxy) is 1. The average molecular weight is 378 g/mol. The molecule has 0 radical (unpaired) electrons. The van der Waals surface area contributed by atoms with Gasteiger partial charge in [-0.25, -0.2) is 13.1 Å². The van der Waals surface area contributed by atoms with Crippen LogP contribution >= 0.6 is 0 Å². The van der Waals surface area contributed by atoms with Crippen LogP contribution in [0.5, 0.6) is 0 Å². The minimum Gasteiger partial charge on any atom is -0.468 e. The number of nitrogens with one attached hydrogen (secondary N) is 1. The standard InChI is InChI=1S/C17H18N2O6S/c1-25-17(20)15(11-13-7-3-2-4-8-13)18-26(23,24)12-14-9-5-6-10-16(14)19(21)22/h2-10,15,18H,11-12H2,1H3. The predicted octanol–water partition coefficient (Wildman–Crippen LogP) is 1.80. The van der Waals surface area contributed by atoms with Gasteiger partial charge < -0.3 is 4.74 Å². The van der Waals surface area contributed by atoms with Gasteiger partial charge in [0.25, 0.3) is 5.69 Å². The zero-order chi connectivity index (χ0) is 19.2. The van der Waals surface area contributed by atoms with Gasteiger partial charge in [0.15, 0.2) is 0 Å². The summed E-state index contributed by atoms with van der Waals surface area (Å²) in [4.78, 5) is 22.4. The number of methoxy groups -OCH3 is 1. The van der Waals surface area contributed by atoms with E-state index in [2.05, 4.69) is 9.46 Å². The van der Waals surface area contributed by atoms with Crippen molar-refractivity contribution in [2.75, 3.05) is 7.11 Å². The van der Waals surface area contributed by atoms with Crippen LogP contribution in [0.1, 0.15) is 11.1 Å². The second-order valence-corrected chi connectivity index (χ2v) is 7.28. The topological polar surface area (TPSA) is 116 Å². The van der Waals surface area contributed by atoms with Crippen molar-refractivity contribution in [1.29, 1.82) is 0 Å². The lowest BCUT2D eigenvalue weighted by molar-refractivity contribution is -0.385. The van der Waals surface area contributed by atoms with Crippen LogP contribution in [0, 0.1) is 10.1 Å². The quantitative estimate of drug-likeness (QED) is 0.425. The summed E-state index contributed by atoms with van der Waals surface area (Å²) in [6.45, 7) is 0. The summed E-state index contributed by atoms with van der Waals surface area (Å²) in [6.07, 6.45) is 0.101. The van der Waals surface area contributed by atoms with Gasteiger partial charge >= 0.3 is 5.97 Å². The van der Waals surface area contributed by atoms with E-state index >= 15 is 0 Å². The van der Waals surface area contributed by atoms with Gasteiger partial charge in [0.1, 0.15) is 6.04 Å². The summed E-state index contributed by atoms with van der Waals surface area (Å²) < 4.78 is 31.9. The monoisotopic (exact) mass is 378 g/mol. The number of para-hydroxylation sites is 1. The van der Waals surface area contributed by atoms with Crippen LogP contribution in [0.2, 0.25) is 0 Å². The molecule has 2 aromatic carbocycles. The molecule has 1 unspecified atom stereocenters. The number of sulfonamides is 1. The van der Waals surface area contributed by atoms with E-state index in [1.165, 1.54) is 24.3 Å². The number of benzene rings is 2. The summed E-state index contributed by atoms with van der Waals surface area (Å²) in [5, 5.41) is 11.0. The number of nitro groups is 1. The van der Waals surface area contributed by atoms with Gasteiger partial charge in [-0.15, -0.1) is 0 Å². The molecule has 0 fully saturated rings. The Morgan fingerprint density at radius 2 is 1.77 bits per heavy atom. The normalized spacial score (nSPS) is 12.3. The van der Waals surface area contributed by atoms with Crippen LogP contribution in [0.4, 0.5) is 5.69 Å². The molecular formula is C17H18N2O6S. The fourth-order valence-electron chi connectivity index (χ4n) is 2.44. The number of carbonyl (C=O) groups excluding carboxylic acids is 1. The third-order valence-electron chi connectivity index (χ3n) is 3.62. The molecule has 0 amide bonds. The molecule has 26 heavy (non-hydrogen) atoms. The van der Waals surface area contributed by atoms with Crippen molar-refractivity contribution in [3.63, 3.8) is 0 Å². The Bertz CT molecular complexity index is 883. The Balaban J connectivity index is 2.21. The highest BCUT2D eigenvalue weighted by Crippen LogP contribution is 2.20. The van der Waals surface area contributed by atoms with E-state index in [-0.39, 0.29) is 17.7 Å². The van der Waals surface area contributed by atoms with Crippen LogP contribution in [-0.2, 0) is 31.7 Å². The molecule has 2 aromatic rings. The van der Waals surface area contributed by atoms with E-state index in [9.17, 15) is 23.3 Å². The molecule has 9 heteroatoms. The molecule has 0 aliphatic rings. The van der Waals surface area contributed by atoms with E-state index < -0.39 is 32.7 Å². The summed E-state index contributed by atoms with van der Waals surface area (Å²) in [7, 11) is -2.86. The second kappa shape index (κ2) is 8.54. The summed E-state index contributed by atoms with van der Waals surface area (Å²) in [6, 6.07) is 13.3. The molecule has 0 aliphatic carbocycles. The SMILES string of the molecule is COC(=O)C(Cc1ccccc1)NS(=O)(=O)Cc1ccccc1[N+](=O)[O-]. The van der Waals surface area contributed by atoms with E-state index in [1.807, 2.05) is 0 Å². The molecule has 0 aromatic heterocycles. The van der Waals surface area contributed by atoms with Crippen LogP contribution in [0.15, 0.2) is 54.6 Å². The van der Waals surface area contributed by atoms with Gasteiger partial charge in [0.05, 0.1) is 17.8 Å². The smallest absolute Gasteiger partial charge is 0.324 e. The molecule has 2 rings (SSSR count). The molecule has 1 atom stereocenters. The molecular weight excluding hydrogens is 360 g/mol. The van der Waals surface area contributed by atoms with Crippen molar-refractivity contribution in [1.82, 2.24) is 4.72 Å². The van der Waals surface area contributed by atoms with Crippen molar-refractivity contribution in [2.24, 2.45) is 0 Å². The molecule has 138 valence electrons. The first-order valence-electron chi connectivity index (χ1n) is 7.66. The van der Waals surface area contributed by atoms with Gasteiger partial charge in [-0.05, 0) is 12.0 Å². The van der Waals surface area contributed by atoms with Crippen molar-refractivity contribution in [3.8, 4) is 0 Å². The van der Waals surface area contributed by atoms with E-state index in [1.54, 1.807) is 30.3 Å². The van der Waals surface area contributed by atoms with Crippen molar-refractivity contribution >= 4 is 21.7 Å². The molecule has 8 nitrogen and oxygen atoms in total. The first-order chi connectivity index (χ1) is 12.3. The van der Waals surface area contributed by atoms with Crippen LogP contribution < -0.4 is 4.72 Å². The highest BCUT2D eigenvalue weighted by molar-refractivity contribution is 7.88. The summed E-state index contributed by atoms with van der Waals surface area (Å²) in [5.41, 5.74) is 0.486. The van der Waals surface area contributed by atoms with Crippen molar-refractivity contribution < 1.29 is 22.9 Å². The first kappa shape index (κ1) is 19.5. The maximum Gasteiger partial charge on any atom is 0.324 e. The highest BCUT2D eigenvalue weighted by atomic mass is 32.2. The van der Waals surface area contributed by atoms with Crippen LogP contribution in [0.3, 0.4) is 0 Å². The van der Waals surface area contributed by atoms with Gasteiger partial charge in [0, 0.05) is 11.6 Å². The number of nitrogens with zero attached hydrogens (tertiary/aromatic N) is 1. The lowest BCUT2D eigenvalue weighted by Crippen LogP contribution is -2.43. The number of rotatable bonds is 8. The third-order valence-corrected chi connectivity index (χ3v) is 4.96. The second-order valence-electron chi connectivity index (χ2n) is 5.53. The number of hydrogen-bond acceptors (Lipinski definition) is 6. The highest BCUT2D eigenvalue weighted by Gasteiger charge is 2.27. The molecule has 0 saturated heterocycles. The van der Waals surface area contributed by atoms with Gasteiger partial charge in [-0.3, -0.25) is 14.9 Å². The summed E-state index contributed by atoms with van der Waals surface area (Å²) >= 11 is 0. The molecule has 1 N–H and O–H groups in total. The van der Waals surface area contributed by atoms with Crippen molar-refractivity contribution in [2.45, 2.75) is 18.2 Å². The number of hydrogen-bond donors (Lipinski definition) is 1. The zero-order valence-electron chi connectivity index (χ0n) is 14.0. The Kier molecular flexibility index (Phi) is 6.42. The van der Waals surface area contributed by atoms with Gasteiger partial charge in [0.2, 0.25) is 10.0 Å². The largest absolute Gasteiger partial charge is 0.468 e. The summed E-state index contributed by atoms with van der Waals surface area (Å²) in [5.74, 6) is -1.35. The van der Waals surface area contributed by atoms with Crippen molar-refractivity contribution in [3.05, 3.63) is 75.8 Å². The lowest BCUT2D eigenvalue weighted by Gasteiger charge is -2.17. The molecule has 0 aliphatic heterocycles. The Morgan fingerprint density at radius 3 is 2.38 bits per heavy atom. The van der Waals surface area contributed by atoms with E-state index in [0.717, 1.165) is 12.7 Å². The van der Waals surface area contributed by atoms with Crippen LogP contribution in [-0.4, -0.2) is 32.5 Å².